The van der Waals surface area contributed by atoms with Crippen molar-refractivity contribution >= 4 is 23.2 Å². The van der Waals surface area contributed by atoms with Crippen LogP contribution in [0, 0.1) is 6.92 Å². The maximum atomic E-state index is 11.6. The fourth-order valence-electron chi connectivity index (χ4n) is 2.16. The minimum absolute atomic E-state index is 0.533. The first-order chi connectivity index (χ1) is 9.79. The van der Waals surface area contributed by atoms with Crippen LogP contribution in [0.25, 0.3) is 10.9 Å². The highest BCUT2D eigenvalue weighted by Gasteiger charge is 2.15. The molecule has 1 aromatic carbocycles. The number of nitrogens with one attached hydrogen (secondary N) is 1. The first-order valence-corrected chi connectivity index (χ1v) is 6.85. The second-order valence-electron chi connectivity index (χ2n) is 5.95. The number of fused-ring (bicyclic) bond motifs is 1. The maximum absolute atomic E-state index is 11.6. The fourth-order valence-corrected chi connectivity index (χ4v) is 2.16. The largest absolute Gasteiger partial charge is 0.443 e. The molecule has 0 aliphatic carbocycles. The van der Waals surface area contributed by atoms with Crippen LogP contribution in [-0.4, -0.2) is 22.5 Å². The van der Waals surface area contributed by atoms with E-state index < -0.39 is 11.7 Å². The van der Waals surface area contributed by atoms with Gasteiger partial charge in [-0.3, -0.25) is 0 Å². The van der Waals surface area contributed by atoms with Gasteiger partial charge in [0.2, 0.25) is 0 Å². The summed E-state index contributed by atoms with van der Waals surface area (Å²) in [7, 11) is 2.01. The molecule has 0 aliphatic rings. The van der Waals surface area contributed by atoms with Gasteiger partial charge in [0.05, 0.1) is 6.21 Å². The molecule has 0 radical (unpaired) electrons. The first kappa shape index (κ1) is 15.1. The van der Waals surface area contributed by atoms with Crippen molar-refractivity contribution in [2.45, 2.75) is 33.3 Å². The molecule has 2 aromatic rings. The highest BCUT2D eigenvalue weighted by molar-refractivity contribution is 6.01. The Morgan fingerprint density at radius 3 is 2.67 bits per heavy atom. The zero-order valence-corrected chi connectivity index (χ0v) is 13.1. The van der Waals surface area contributed by atoms with Crippen LogP contribution in [0.4, 0.5) is 4.79 Å². The number of nitrogens with zero attached hydrogens (tertiary/aromatic N) is 2. The van der Waals surface area contributed by atoms with E-state index in [2.05, 4.69) is 21.2 Å². The molecule has 0 atom stereocenters. The number of carbonyl (C=O) groups excluding carboxylic acids is 1. The molecule has 5 nitrogen and oxygen atoms in total. The van der Waals surface area contributed by atoms with Crippen molar-refractivity contribution in [2.24, 2.45) is 12.1 Å². The lowest BCUT2D eigenvalue weighted by Gasteiger charge is -2.18. The van der Waals surface area contributed by atoms with Gasteiger partial charge in [-0.2, -0.15) is 5.10 Å². The number of hydrazone groups is 1. The fraction of sp³-hybridized carbons (Fsp3) is 0.375. The summed E-state index contributed by atoms with van der Waals surface area (Å²) in [6, 6.07) is 8.08. The van der Waals surface area contributed by atoms with Gasteiger partial charge >= 0.3 is 6.09 Å². The highest BCUT2D eigenvalue weighted by Crippen LogP contribution is 2.22. The molecule has 1 amide bonds. The summed E-state index contributed by atoms with van der Waals surface area (Å²) < 4.78 is 7.23. The van der Waals surface area contributed by atoms with Crippen LogP contribution in [0.1, 0.15) is 32.0 Å². The lowest BCUT2D eigenvalue weighted by atomic mass is 10.1. The van der Waals surface area contributed by atoms with E-state index in [1.165, 1.54) is 0 Å². The molecule has 0 saturated heterocycles. The van der Waals surface area contributed by atoms with Gasteiger partial charge in [0.25, 0.3) is 0 Å². The monoisotopic (exact) mass is 287 g/mol. The number of amides is 1. The molecule has 0 aliphatic heterocycles. The normalized spacial score (nSPS) is 12.0. The molecule has 2 rings (SSSR count). The lowest BCUT2D eigenvalue weighted by molar-refractivity contribution is 0.0529. The minimum Gasteiger partial charge on any atom is -0.443 e. The molecule has 0 bridgehead atoms. The Morgan fingerprint density at radius 2 is 2.00 bits per heavy atom. The number of ether oxygens (including phenoxy) is 1. The number of rotatable bonds is 2. The summed E-state index contributed by atoms with van der Waals surface area (Å²) in [5, 5.41) is 5.09. The van der Waals surface area contributed by atoms with Gasteiger partial charge in [-0.05, 0) is 33.8 Å². The second-order valence-corrected chi connectivity index (χ2v) is 5.95. The standard InChI is InChI=1S/C16H21N3O2/c1-11-13(10-17-18-15(20)21-16(2,3)4)12-8-6-7-9-14(12)19(11)5/h6-10H,1-5H3,(H,18,20). The van der Waals surface area contributed by atoms with Gasteiger partial charge < -0.3 is 9.30 Å². The van der Waals surface area contributed by atoms with Crippen molar-refractivity contribution in [3.05, 3.63) is 35.5 Å². The van der Waals surface area contributed by atoms with Crippen molar-refractivity contribution in [1.29, 1.82) is 0 Å². The molecular formula is C16H21N3O2. The Bertz CT molecular complexity index is 693. The quantitative estimate of drug-likeness (QED) is 0.680. The smallest absolute Gasteiger partial charge is 0.428 e. The van der Waals surface area contributed by atoms with Crippen LogP contribution in [0.15, 0.2) is 29.4 Å². The van der Waals surface area contributed by atoms with Crippen LogP contribution < -0.4 is 5.43 Å². The van der Waals surface area contributed by atoms with E-state index in [9.17, 15) is 4.79 Å². The van der Waals surface area contributed by atoms with E-state index in [4.69, 9.17) is 4.74 Å². The average Bonchev–Trinajstić information content (AvgIpc) is 2.62. The molecule has 1 N–H and O–H groups in total. The summed E-state index contributed by atoms with van der Waals surface area (Å²) in [6.07, 6.45) is 1.10. The van der Waals surface area contributed by atoms with Crippen LogP contribution in [-0.2, 0) is 11.8 Å². The van der Waals surface area contributed by atoms with Crippen molar-refractivity contribution in [3.8, 4) is 0 Å². The van der Waals surface area contributed by atoms with Crippen molar-refractivity contribution < 1.29 is 9.53 Å². The maximum Gasteiger partial charge on any atom is 0.428 e. The van der Waals surface area contributed by atoms with E-state index >= 15 is 0 Å². The molecular weight excluding hydrogens is 266 g/mol. The van der Waals surface area contributed by atoms with Gasteiger partial charge in [0, 0.05) is 29.2 Å². The van der Waals surface area contributed by atoms with E-state index in [1.807, 2.05) is 52.9 Å². The first-order valence-electron chi connectivity index (χ1n) is 6.85. The molecule has 0 unspecified atom stereocenters. The lowest BCUT2D eigenvalue weighted by Crippen LogP contribution is -2.29. The number of para-hydroxylation sites is 1. The van der Waals surface area contributed by atoms with Gasteiger partial charge in [-0.15, -0.1) is 0 Å². The van der Waals surface area contributed by atoms with E-state index in [1.54, 1.807) is 6.21 Å². The average molecular weight is 287 g/mol. The predicted molar refractivity (Wildman–Crippen MR) is 84.6 cm³/mol. The van der Waals surface area contributed by atoms with Gasteiger partial charge in [0.1, 0.15) is 5.60 Å². The Morgan fingerprint density at radius 1 is 1.33 bits per heavy atom. The molecule has 0 spiro atoms. The van der Waals surface area contributed by atoms with E-state index in [-0.39, 0.29) is 0 Å². The number of hydrogen-bond donors (Lipinski definition) is 1. The Hall–Kier alpha value is -2.30. The third-order valence-corrected chi connectivity index (χ3v) is 3.20. The van der Waals surface area contributed by atoms with Gasteiger partial charge in [-0.1, -0.05) is 18.2 Å². The molecule has 1 heterocycles. The van der Waals surface area contributed by atoms with Crippen molar-refractivity contribution in [3.63, 3.8) is 0 Å². The summed E-state index contributed by atoms with van der Waals surface area (Å²) in [5.41, 5.74) is 5.07. The number of hydrogen-bond acceptors (Lipinski definition) is 3. The predicted octanol–water partition coefficient (Wildman–Crippen LogP) is 3.35. The third-order valence-electron chi connectivity index (χ3n) is 3.20. The van der Waals surface area contributed by atoms with Gasteiger partial charge in [-0.25, -0.2) is 10.2 Å². The Kier molecular flexibility index (Phi) is 4.02. The van der Waals surface area contributed by atoms with Crippen LogP contribution in [0.5, 0.6) is 0 Å². The number of carbonyl (C=O) groups is 1. The molecule has 0 fully saturated rings. The van der Waals surface area contributed by atoms with Crippen LogP contribution in [0.2, 0.25) is 0 Å². The molecule has 112 valence electrons. The summed E-state index contributed by atoms with van der Waals surface area (Å²) in [5.74, 6) is 0. The molecule has 0 saturated carbocycles. The topological polar surface area (TPSA) is 55.6 Å². The Labute approximate surface area is 124 Å². The molecule has 5 heteroatoms. The van der Waals surface area contributed by atoms with Crippen LogP contribution in [0.3, 0.4) is 0 Å². The second kappa shape index (κ2) is 5.60. The SMILES string of the molecule is Cc1c(C=NNC(=O)OC(C)(C)C)c2ccccc2n1C. The van der Waals surface area contributed by atoms with E-state index in [0.29, 0.717) is 0 Å². The minimum atomic E-state index is -0.559. The molecule has 21 heavy (non-hydrogen) atoms. The van der Waals surface area contributed by atoms with Crippen LogP contribution >= 0.6 is 0 Å². The van der Waals surface area contributed by atoms with Crippen molar-refractivity contribution in [1.82, 2.24) is 9.99 Å². The molecule has 1 aromatic heterocycles. The van der Waals surface area contributed by atoms with Gasteiger partial charge in [0.15, 0.2) is 0 Å². The summed E-state index contributed by atoms with van der Waals surface area (Å²) in [4.78, 5) is 11.6. The third kappa shape index (κ3) is 3.42. The Balaban J connectivity index is 2.19. The zero-order chi connectivity index (χ0) is 15.6. The van der Waals surface area contributed by atoms with Crippen molar-refractivity contribution in [2.75, 3.05) is 0 Å². The number of aryl methyl sites for hydroxylation is 1. The summed E-state index contributed by atoms with van der Waals surface area (Å²) >= 11 is 0. The van der Waals surface area contributed by atoms with E-state index in [0.717, 1.165) is 22.2 Å². The number of benzene rings is 1. The highest BCUT2D eigenvalue weighted by atomic mass is 16.6. The number of aromatic nitrogens is 1. The zero-order valence-electron chi connectivity index (χ0n) is 13.1. The summed E-state index contributed by atoms with van der Waals surface area (Å²) in [6.45, 7) is 7.45.